The average Bonchev–Trinajstić information content (AvgIpc) is 2.68. The van der Waals surface area contributed by atoms with E-state index in [-0.39, 0.29) is 6.42 Å². The molecule has 112 valence electrons. The Balaban J connectivity index is 2.29. The molecule has 0 spiro atoms. The first-order valence-electron chi connectivity index (χ1n) is 6.28. The zero-order chi connectivity index (χ0) is 15.6. The molecule has 0 saturated heterocycles. The van der Waals surface area contributed by atoms with E-state index in [0.29, 0.717) is 0 Å². The van der Waals surface area contributed by atoms with Gasteiger partial charge in [-0.15, -0.1) is 11.3 Å². The number of nitrogens with zero attached hydrogens (tertiary/aromatic N) is 1. The molecule has 1 amide bonds. The molecule has 2 aromatic rings. The summed E-state index contributed by atoms with van der Waals surface area (Å²) in [6.07, 6.45) is 0.964. The van der Waals surface area contributed by atoms with E-state index in [0.717, 1.165) is 33.0 Å². The number of aromatic nitrogens is 1. The molecule has 0 fully saturated rings. The molecule has 0 saturated carbocycles. The van der Waals surface area contributed by atoms with E-state index in [2.05, 4.69) is 4.98 Å². The van der Waals surface area contributed by atoms with Gasteiger partial charge in [-0.3, -0.25) is 9.52 Å². The number of amides is 1. The Bertz CT molecular complexity index is 762. The molecule has 0 atom stereocenters. The van der Waals surface area contributed by atoms with E-state index in [1.54, 1.807) is 0 Å². The summed E-state index contributed by atoms with van der Waals surface area (Å²) in [7, 11) is -3.54. The predicted octanol–water partition coefficient (Wildman–Crippen LogP) is 2.05. The summed E-state index contributed by atoms with van der Waals surface area (Å²) in [4.78, 5) is 17.0. The minimum atomic E-state index is -3.54. The maximum atomic E-state index is 11.8. The van der Waals surface area contributed by atoms with Gasteiger partial charge in [0, 0.05) is 10.4 Å². The summed E-state index contributed by atoms with van der Waals surface area (Å²) in [6.45, 7) is 3.86. The second-order valence-corrected chi connectivity index (χ2v) is 7.88. The normalized spacial score (nSPS) is 11.4. The van der Waals surface area contributed by atoms with E-state index < -0.39 is 15.9 Å². The third kappa shape index (κ3) is 4.37. The van der Waals surface area contributed by atoms with E-state index in [4.69, 9.17) is 0 Å². The van der Waals surface area contributed by atoms with Crippen molar-refractivity contribution in [3.05, 3.63) is 39.7 Å². The van der Waals surface area contributed by atoms with Crippen LogP contribution in [0.4, 0.5) is 0 Å². The van der Waals surface area contributed by atoms with Crippen LogP contribution < -0.4 is 4.72 Å². The monoisotopic (exact) mass is 324 g/mol. The van der Waals surface area contributed by atoms with Crippen molar-refractivity contribution in [2.45, 2.75) is 20.3 Å². The fourth-order valence-corrected chi connectivity index (χ4v) is 3.36. The number of hydrogen-bond acceptors (Lipinski definition) is 5. The molecule has 1 aromatic heterocycles. The lowest BCUT2D eigenvalue weighted by atomic mass is 10.1. The SMILES string of the molecule is Cc1ccc(-c2nc(C)sc2CC(=O)NS(C)(=O)=O)cc1. The zero-order valence-corrected chi connectivity index (χ0v) is 13.6. The summed E-state index contributed by atoms with van der Waals surface area (Å²) < 4.78 is 24.1. The first-order chi connectivity index (χ1) is 9.74. The molecule has 1 heterocycles. The topological polar surface area (TPSA) is 76.1 Å². The summed E-state index contributed by atoms with van der Waals surface area (Å²) in [5.41, 5.74) is 2.80. The van der Waals surface area contributed by atoms with E-state index >= 15 is 0 Å². The van der Waals surface area contributed by atoms with Gasteiger partial charge in [0.25, 0.3) is 0 Å². The number of rotatable bonds is 4. The van der Waals surface area contributed by atoms with Crippen molar-refractivity contribution in [1.29, 1.82) is 0 Å². The number of carbonyl (C=O) groups is 1. The molecule has 0 radical (unpaired) electrons. The van der Waals surface area contributed by atoms with E-state index in [1.807, 2.05) is 42.8 Å². The fraction of sp³-hybridized carbons (Fsp3) is 0.286. The van der Waals surface area contributed by atoms with Crippen LogP contribution in [-0.2, 0) is 21.2 Å². The Morgan fingerprint density at radius 2 is 1.86 bits per heavy atom. The number of aryl methyl sites for hydroxylation is 2. The van der Waals surface area contributed by atoms with Gasteiger partial charge in [-0.2, -0.15) is 0 Å². The number of sulfonamides is 1. The highest BCUT2D eigenvalue weighted by Gasteiger charge is 2.16. The third-order valence-electron chi connectivity index (χ3n) is 2.75. The molecular formula is C14H16N2O3S2. The first-order valence-corrected chi connectivity index (χ1v) is 8.99. The van der Waals surface area contributed by atoms with Crippen molar-refractivity contribution in [2.75, 3.05) is 6.26 Å². The molecule has 0 aliphatic carbocycles. The van der Waals surface area contributed by atoms with Gasteiger partial charge in [-0.25, -0.2) is 13.4 Å². The van der Waals surface area contributed by atoms with Crippen LogP contribution in [0.2, 0.25) is 0 Å². The smallest absolute Gasteiger partial charge is 0.238 e. The third-order valence-corrected chi connectivity index (χ3v) is 4.32. The molecule has 7 heteroatoms. The highest BCUT2D eigenvalue weighted by molar-refractivity contribution is 7.89. The Hall–Kier alpha value is -1.73. The van der Waals surface area contributed by atoms with Gasteiger partial charge in [-0.05, 0) is 13.8 Å². The molecule has 0 unspecified atom stereocenters. The molecule has 0 aliphatic heterocycles. The maximum absolute atomic E-state index is 11.8. The van der Waals surface area contributed by atoms with Gasteiger partial charge in [0.15, 0.2) is 0 Å². The van der Waals surface area contributed by atoms with Crippen LogP contribution in [0.5, 0.6) is 0 Å². The Morgan fingerprint density at radius 3 is 2.43 bits per heavy atom. The van der Waals surface area contributed by atoms with Gasteiger partial charge in [0.05, 0.1) is 23.4 Å². The molecular weight excluding hydrogens is 308 g/mol. The average molecular weight is 324 g/mol. The van der Waals surface area contributed by atoms with Crippen LogP contribution in [0.3, 0.4) is 0 Å². The quantitative estimate of drug-likeness (QED) is 0.934. The van der Waals surface area contributed by atoms with Gasteiger partial charge < -0.3 is 0 Å². The fourth-order valence-electron chi connectivity index (χ4n) is 1.91. The molecule has 0 bridgehead atoms. The largest absolute Gasteiger partial charge is 0.274 e. The predicted molar refractivity (Wildman–Crippen MR) is 83.7 cm³/mol. The van der Waals surface area contributed by atoms with E-state index in [1.165, 1.54) is 11.3 Å². The maximum Gasteiger partial charge on any atom is 0.238 e. The zero-order valence-electron chi connectivity index (χ0n) is 12.0. The van der Waals surface area contributed by atoms with Gasteiger partial charge >= 0.3 is 0 Å². The number of thiazole rings is 1. The second kappa shape index (κ2) is 5.95. The van der Waals surface area contributed by atoms with Gasteiger partial charge in [0.1, 0.15) is 0 Å². The molecule has 2 rings (SSSR count). The van der Waals surface area contributed by atoms with Crippen molar-refractivity contribution < 1.29 is 13.2 Å². The number of nitrogens with one attached hydrogen (secondary N) is 1. The lowest BCUT2D eigenvalue weighted by molar-refractivity contribution is -0.118. The summed E-state index contributed by atoms with van der Waals surface area (Å²) in [6, 6.07) is 7.85. The minimum absolute atomic E-state index is 0.00177. The van der Waals surface area contributed by atoms with Crippen LogP contribution in [0.25, 0.3) is 11.3 Å². The lowest BCUT2D eigenvalue weighted by Crippen LogP contribution is -2.30. The van der Waals surface area contributed by atoms with Crippen molar-refractivity contribution in [1.82, 2.24) is 9.71 Å². The minimum Gasteiger partial charge on any atom is -0.274 e. The first kappa shape index (κ1) is 15.7. The molecule has 5 nitrogen and oxygen atoms in total. The summed E-state index contributed by atoms with van der Waals surface area (Å²) >= 11 is 1.40. The molecule has 1 aromatic carbocycles. The van der Waals surface area contributed by atoms with Gasteiger partial charge in [-0.1, -0.05) is 29.8 Å². The van der Waals surface area contributed by atoms with Crippen LogP contribution in [0.15, 0.2) is 24.3 Å². The Morgan fingerprint density at radius 1 is 1.24 bits per heavy atom. The lowest BCUT2D eigenvalue weighted by Gasteiger charge is -2.04. The number of benzene rings is 1. The Labute approximate surface area is 128 Å². The number of carbonyl (C=O) groups excluding carboxylic acids is 1. The van der Waals surface area contributed by atoms with Crippen molar-refractivity contribution in [3.63, 3.8) is 0 Å². The van der Waals surface area contributed by atoms with Crippen molar-refractivity contribution >= 4 is 27.3 Å². The molecule has 0 aliphatic rings. The van der Waals surface area contributed by atoms with Crippen molar-refractivity contribution in [3.8, 4) is 11.3 Å². The van der Waals surface area contributed by atoms with Crippen molar-refractivity contribution in [2.24, 2.45) is 0 Å². The molecule has 1 N–H and O–H groups in total. The molecule has 21 heavy (non-hydrogen) atoms. The number of hydrogen-bond donors (Lipinski definition) is 1. The van der Waals surface area contributed by atoms with Crippen LogP contribution in [-0.4, -0.2) is 25.6 Å². The summed E-state index contributed by atoms with van der Waals surface area (Å²) in [5, 5.41) is 0.840. The highest BCUT2D eigenvalue weighted by Crippen LogP contribution is 2.28. The standard InChI is InChI=1S/C14H16N2O3S2/c1-9-4-6-11(7-5-9)14-12(20-10(2)15-14)8-13(17)16-21(3,18)19/h4-7H,8H2,1-3H3,(H,16,17). The van der Waals surface area contributed by atoms with Crippen LogP contribution in [0, 0.1) is 13.8 Å². The van der Waals surface area contributed by atoms with Crippen LogP contribution >= 0.6 is 11.3 Å². The summed E-state index contributed by atoms with van der Waals surface area (Å²) in [5.74, 6) is -0.547. The highest BCUT2D eigenvalue weighted by atomic mass is 32.2. The van der Waals surface area contributed by atoms with E-state index in [9.17, 15) is 13.2 Å². The van der Waals surface area contributed by atoms with Crippen LogP contribution in [0.1, 0.15) is 15.4 Å². The van der Waals surface area contributed by atoms with Gasteiger partial charge in [0.2, 0.25) is 15.9 Å². The Kier molecular flexibility index (Phi) is 4.43. The second-order valence-electron chi connectivity index (χ2n) is 4.84.